The van der Waals surface area contributed by atoms with Crippen molar-refractivity contribution in [1.82, 2.24) is 4.98 Å². The first-order chi connectivity index (χ1) is 8.23. The first-order valence-electron chi connectivity index (χ1n) is 6.01. The molecule has 0 bridgehead atoms. The number of nitrogens with zero attached hydrogens (tertiary/aromatic N) is 2. The quantitative estimate of drug-likeness (QED) is 0.456. The lowest BCUT2D eigenvalue weighted by molar-refractivity contribution is -0.389. The van der Waals surface area contributed by atoms with Gasteiger partial charge in [-0.1, -0.05) is 13.8 Å². The van der Waals surface area contributed by atoms with Crippen LogP contribution in [-0.4, -0.2) is 22.4 Å². The van der Waals surface area contributed by atoms with Crippen LogP contribution in [0.3, 0.4) is 0 Å². The van der Waals surface area contributed by atoms with Gasteiger partial charge < -0.3 is 14.8 Å². The Balaban J connectivity index is 2.30. The van der Waals surface area contributed by atoms with Crippen molar-refractivity contribution >= 4 is 18.2 Å². The molecule has 0 radical (unpaired) electrons. The molecule has 1 aromatic heterocycles. The van der Waals surface area contributed by atoms with Gasteiger partial charge in [0, 0.05) is 6.07 Å². The summed E-state index contributed by atoms with van der Waals surface area (Å²) in [5.41, 5.74) is 0.626. The standard InChI is InChI=1S/C12H17BN2O3/c1-11(2)8-13(18-12(11,3)4)9-5-6-14-10(7-9)15(16)17/h5-7H,8H2,1-4H3. The summed E-state index contributed by atoms with van der Waals surface area (Å²) in [5, 5.41) is 10.7. The van der Waals surface area contributed by atoms with Gasteiger partial charge in [-0.3, -0.25) is 0 Å². The third-order valence-electron chi connectivity index (χ3n) is 4.09. The fraction of sp³-hybridized carbons (Fsp3) is 0.583. The van der Waals surface area contributed by atoms with Crippen LogP contribution >= 0.6 is 0 Å². The van der Waals surface area contributed by atoms with Crippen LogP contribution in [0.1, 0.15) is 27.7 Å². The molecule has 2 heterocycles. The zero-order chi connectivity index (χ0) is 13.6. The molecule has 0 spiro atoms. The van der Waals surface area contributed by atoms with Crippen LogP contribution in [0.25, 0.3) is 0 Å². The predicted molar refractivity (Wildman–Crippen MR) is 70.0 cm³/mol. The van der Waals surface area contributed by atoms with E-state index in [1.165, 1.54) is 12.3 Å². The van der Waals surface area contributed by atoms with Crippen LogP contribution in [0.4, 0.5) is 5.82 Å². The number of nitro groups is 1. The maximum absolute atomic E-state index is 10.7. The number of hydrogen-bond donors (Lipinski definition) is 0. The summed E-state index contributed by atoms with van der Waals surface area (Å²) in [7, 11) is 0. The molecule has 18 heavy (non-hydrogen) atoms. The molecule has 96 valence electrons. The highest BCUT2D eigenvalue weighted by Crippen LogP contribution is 2.45. The van der Waals surface area contributed by atoms with Crippen molar-refractivity contribution in [3.05, 3.63) is 28.4 Å². The fourth-order valence-corrected chi connectivity index (χ4v) is 2.19. The normalized spacial score (nSPS) is 21.0. The highest BCUT2D eigenvalue weighted by atomic mass is 16.6. The van der Waals surface area contributed by atoms with Gasteiger partial charge in [0.05, 0.1) is 5.60 Å². The first kappa shape index (κ1) is 13.0. The van der Waals surface area contributed by atoms with Gasteiger partial charge in [0.1, 0.15) is 6.20 Å². The lowest BCUT2D eigenvalue weighted by Crippen LogP contribution is -2.36. The summed E-state index contributed by atoms with van der Waals surface area (Å²) >= 11 is 0. The topological polar surface area (TPSA) is 65.3 Å². The van der Waals surface area contributed by atoms with E-state index >= 15 is 0 Å². The van der Waals surface area contributed by atoms with E-state index in [0.717, 1.165) is 11.8 Å². The monoisotopic (exact) mass is 248 g/mol. The van der Waals surface area contributed by atoms with E-state index in [2.05, 4.69) is 32.7 Å². The Bertz CT molecular complexity index is 472. The maximum atomic E-state index is 10.7. The molecule has 1 fully saturated rings. The third kappa shape index (κ3) is 2.12. The molecule has 5 nitrogen and oxygen atoms in total. The Kier molecular flexibility index (Phi) is 2.93. The second-order valence-corrected chi connectivity index (χ2v) is 5.91. The summed E-state index contributed by atoms with van der Waals surface area (Å²) in [6.07, 6.45) is 2.32. The van der Waals surface area contributed by atoms with E-state index in [-0.39, 0.29) is 23.7 Å². The van der Waals surface area contributed by atoms with Crippen LogP contribution in [0.2, 0.25) is 6.32 Å². The number of pyridine rings is 1. The number of aromatic nitrogens is 1. The minimum atomic E-state index is -0.477. The minimum Gasteiger partial charge on any atom is -0.426 e. The molecule has 2 rings (SSSR count). The number of hydrogen-bond acceptors (Lipinski definition) is 4. The van der Waals surface area contributed by atoms with Gasteiger partial charge in [0.25, 0.3) is 0 Å². The Hall–Kier alpha value is -1.43. The average Bonchev–Trinajstić information content (AvgIpc) is 2.48. The molecule has 0 unspecified atom stereocenters. The number of rotatable bonds is 2. The fourth-order valence-electron chi connectivity index (χ4n) is 2.19. The van der Waals surface area contributed by atoms with Crippen molar-refractivity contribution in [2.24, 2.45) is 5.41 Å². The Morgan fingerprint density at radius 1 is 1.44 bits per heavy atom. The molecule has 0 aliphatic carbocycles. The van der Waals surface area contributed by atoms with Crippen molar-refractivity contribution in [3.8, 4) is 0 Å². The summed E-state index contributed by atoms with van der Waals surface area (Å²) in [6, 6.07) is 3.29. The summed E-state index contributed by atoms with van der Waals surface area (Å²) in [6.45, 7) is 8.33. The summed E-state index contributed by atoms with van der Waals surface area (Å²) in [5.74, 6) is -0.126. The van der Waals surface area contributed by atoms with Gasteiger partial charge in [0.15, 0.2) is 0 Å². The molecular weight excluding hydrogens is 231 g/mol. The van der Waals surface area contributed by atoms with Crippen LogP contribution in [0.5, 0.6) is 0 Å². The summed E-state index contributed by atoms with van der Waals surface area (Å²) < 4.78 is 6.03. The molecular formula is C12H17BN2O3. The van der Waals surface area contributed by atoms with Crippen LogP contribution in [0.15, 0.2) is 18.3 Å². The van der Waals surface area contributed by atoms with E-state index in [0.29, 0.717) is 0 Å². The zero-order valence-corrected chi connectivity index (χ0v) is 11.1. The molecule has 0 N–H and O–H groups in total. The maximum Gasteiger partial charge on any atom is 0.362 e. The molecule has 1 aliphatic rings. The van der Waals surface area contributed by atoms with Crippen molar-refractivity contribution in [1.29, 1.82) is 0 Å². The van der Waals surface area contributed by atoms with Gasteiger partial charge in [-0.15, -0.1) is 0 Å². The van der Waals surface area contributed by atoms with Gasteiger partial charge in [-0.25, -0.2) is 0 Å². The lowest BCUT2D eigenvalue weighted by atomic mass is 9.54. The van der Waals surface area contributed by atoms with Crippen LogP contribution in [0, 0.1) is 15.5 Å². The van der Waals surface area contributed by atoms with Gasteiger partial charge in [0.2, 0.25) is 0 Å². The Morgan fingerprint density at radius 2 is 2.11 bits per heavy atom. The zero-order valence-electron chi connectivity index (χ0n) is 11.1. The highest BCUT2D eigenvalue weighted by molar-refractivity contribution is 6.68. The molecule has 0 saturated carbocycles. The average molecular weight is 248 g/mol. The predicted octanol–water partition coefficient (Wildman–Crippen LogP) is 2.02. The van der Waals surface area contributed by atoms with Crippen molar-refractivity contribution in [2.75, 3.05) is 0 Å². The largest absolute Gasteiger partial charge is 0.426 e. The van der Waals surface area contributed by atoms with Gasteiger partial charge >= 0.3 is 12.7 Å². The van der Waals surface area contributed by atoms with Crippen molar-refractivity contribution in [2.45, 2.75) is 39.6 Å². The van der Waals surface area contributed by atoms with Crippen LogP contribution in [-0.2, 0) is 4.65 Å². The minimum absolute atomic E-state index is 0.0374. The third-order valence-corrected chi connectivity index (χ3v) is 4.09. The van der Waals surface area contributed by atoms with E-state index in [4.69, 9.17) is 4.65 Å². The lowest BCUT2D eigenvalue weighted by Gasteiger charge is -2.34. The Morgan fingerprint density at radius 3 is 2.61 bits per heavy atom. The van der Waals surface area contributed by atoms with Crippen molar-refractivity contribution < 1.29 is 9.58 Å². The van der Waals surface area contributed by atoms with Gasteiger partial charge in [-0.2, -0.15) is 0 Å². The highest BCUT2D eigenvalue weighted by Gasteiger charge is 2.50. The molecule has 1 saturated heterocycles. The van der Waals surface area contributed by atoms with Crippen molar-refractivity contribution in [3.63, 3.8) is 0 Å². The second kappa shape index (κ2) is 4.05. The Labute approximate surface area is 107 Å². The van der Waals surface area contributed by atoms with E-state index < -0.39 is 4.92 Å². The first-order valence-corrected chi connectivity index (χ1v) is 6.01. The second-order valence-electron chi connectivity index (χ2n) is 5.91. The molecule has 0 aromatic carbocycles. The van der Waals surface area contributed by atoms with E-state index in [9.17, 15) is 10.1 Å². The smallest absolute Gasteiger partial charge is 0.362 e. The molecule has 0 amide bonds. The van der Waals surface area contributed by atoms with E-state index in [1.807, 2.05) is 0 Å². The summed E-state index contributed by atoms with van der Waals surface area (Å²) in [4.78, 5) is 14.0. The molecule has 0 atom stereocenters. The molecule has 1 aromatic rings. The molecule has 6 heteroatoms. The van der Waals surface area contributed by atoms with Gasteiger partial charge in [-0.05, 0) is 47.0 Å². The van der Waals surface area contributed by atoms with Crippen LogP contribution < -0.4 is 5.46 Å². The van der Waals surface area contributed by atoms with E-state index in [1.54, 1.807) is 6.07 Å². The SMILES string of the molecule is CC1(C)CB(c2ccnc([N+](=O)[O-])c2)OC1(C)C. The molecule has 1 aliphatic heterocycles.